The van der Waals surface area contributed by atoms with Crippen molar-refractivity contribution in [1.29, 1.82) is 0 Å². The molecule has 2 aromatic carbocycles. The average molecular weight is 297 g/mol. The fourth-order valence-electron chi connectivity index (χ4n) is 1.80. The number of carbonyl (C=O) groups is 1. The van der Waals surface area contributed by atoms with Gasteiger partial charge in [-0.05, 0) is 23.8 Å². The molecule has 0 saturated carbocycles. The van der Waals surface area contributed by atoms with Gasteiger partial charge in [-0.3, -0.25) is 4.79 Å². The molecule has 0 radical (unpaired) electrons. The number of benzene rings is 2. The molecule has 0 aliphatic rings. The third-order valence-electron chi connectivity index (χ3n) is 2.86. The second kappa shape index (κ2) is 6.01. The van der Waals surface area contributed by atoms with E-state index in [0.717, 1.165) is 6.07 Å². The largest absolute Gasteiger partial charge is 0.497 e. The van der Waals surface area contributed by atoms with Gasteiger partial charge in [-0.2, -0.15) is 0 Å². The summed E-state index contributed by atoms with van der Waals surface area (Å²) in [5.41, 5.74) is 0.248. The Morgan fingerprint density at radius 2 is 1.95 bits per heavy atom. The minimum atomic E-state index is -0.679. The maximum atomic E-state index is 13.8. The van der Waals surface area contributed by atoms with Gasteiger partial charge in [-0.25, -0.2) is 8.78 Å². The van der Waals surface area contributed by atoms with E-state index in [2.05, 4.69) is 0 Å². The van der Waals surface area contributed by atoms with Crippen molar-refractivity contribution < 1.29 is 18.3 Å². The molecular weight excluding hydrogens is 286 g/mol. The molecule has 5 heteroatoms. The van der Waals surface area contributed by atoms with E-state index in [4.69, 9.17) is 16.3 Å². The summed E-state index contributed by atoms with van der Waals surface area (Å²) in [6, 6.07) is 8.14. The molecule has 0 aliphatic heterocycles. The first-order valence-corrected chi connectivity index (χ1v) is 6.20. The van der Waals surface area contributed by atoms with Gasteiger partial charge in [0.15, 0.2) is 5.78 Å². The Balaban J connectivity index is 2.26. The second-order valence-electron chi connectivity index (χ2n) is 4.16. The highest BCUT2D eigenvalue weighted by Crippen LogP contribution is 2.23. The van der Waals surface area contributed by atoms with Crippen molar-refractivity contribution >= 4 is 17.4 Å². The van der Waals surface area contributed by atoms with Crippen LogP contribution in [0.4, 0.5) is 8.78 Å². The van der Waals surface area contributed by atoms with E-state index < -0.39 is 17.4 Å². The van der Waals surface area contributed by atoms with Crippen LogP contribution < -0.4 is 4.74 Å². The van der Waals surface area contributed by atoms with Crippen molar-refractivity contribution in [3.63, 3.8) is 0 Å². The van der Waals surface area contributed by atoms with Crippen LogP contribution in [0.2, 0.25) is 5.02 Å². The molecule has 0 spiro atoms. The monoisotopic (exact) mass is 296 g/mol. The Bertz CT molecular complexity index is 656. The smallest absolute Gasteiger partial charge is 0.170 e. The summed E-state index contributed by atoms with van der Waals surface area (Å²) in [6.45, 7) is 0. The number of Topliss-reactive ketones (excluding diaryl/α,β-unsaturated/α-hetero) is 1. The number of halogens is 3. The zero-order valence-electron chi connectivity index (χ0n) is 10.6. The molecule has 0 saturated heterocycles. The Morgan fingerprint density at radius 1 is 1.20 bits per heavy atom. The highest BCUT2D eigenvalue weighted by atomic mass is 35.5. The topological polar surface area (TPSA) is 26.3 Å². The van der Waals surface area contributed by atoms with E-state index in [1.807, 2.05) is 0 Å². The number of ether oxygens (including phenoxy) is 1. The van der Waals surface area contributed by atoms with Crippen LogP contribution in [0.5, 0.6) is 5.75 Å². The van der Waals surface area contributed by atoms with Gasteiger partial charge < -0.3 is 4.74 Å². The zero-order valence-corrected chi connectivity index (χ0v) is 11.4. The maximum Gasteiger partial charge on any atom is 0.170 e. The number of methoxy groups -OCH3 is 1. The number of hydrogen-bond acceptors (Lipinski definition) is 2. The number of carbonyl (C=O) groups excluding carboxylic acids is 1. The van der Waals surface area contributed by atoms with Crippen molar-refractivity contribution in [3.8, 4) is 5.75 Å². The Hall–Kier alpha value is -1.94. The first-order chi connectivity index (χ1) is 9.52. The molecule has 0 fully saturated rings. The summed E-state index contributed by atoms with van der Waals surface area (Å²) in [6.07, 6.45) is -0.167. The number of ketones is 1. The van der Waals surface area contributed by atoms with Crippen LogP contribution in [0.25, 0.3) is 0 Å². The highest BCUT2D eigenvalue weighted by Gasteiger charge is 2.15. The molecule has 20 heavy (non-hydrogen) atoms. The van der Waals surface area contributed by atoms with Crippen LogP contribution in [0.1, 0.15) is 15.9 Å². The Morgan fingerprint density at radius 3 is 2.60 bits per heavy atom. The minimum absolute atomic E-state index is 0.0777. The van der Waals surface area contributed by atoms with Crippen molar-refractivity contribution in [2.45, 2.75) is 6.42 Å². The third-order valence-corrected chi connectivity index (χ3v) is 3.28. The standard InChI is InChI=1S/C15H11ClF2O2/c1-20-10-5-6-11(13(18)8-10)14(19)7-9-3-2-4-12(17)15(9)16/h2-6,8H,7H2,1H3. The SMILES string of the molecule is COc1ccc(C(=O)Cc2cccc(F)c2Cl)c(F)c1. The molecule has 2 aromatic rings. The van der Waals surface area contributed by atoms with Gasteiger partial charge >= 0.3 is 0 Å². The average Bonchev–Trinajstić information content (AvgIpc) is 2.43. The number of hydrogen-bond donors (Lipinski definition) is 0. The van der Waals surface area contributed by atoms with Crippen molar-refractivity contribution in [2.24, 2.45) is 0 Å². The summed E-state index contributed by atoms with van der Waals surface area (Å²) < 4.78 is 31.9. The van der Waals surface area contributed by atoms with Crippen molar-refractivity contribution in [1.82, 2.24) is 0 Å². The molecule has 0 atom stereocenters. The fourth-order valence-corrected chi connectivity index (χ4v) is 1.99. The van der Waals surface area contributed by atoms with E-state index in [-0.39, 0.29) is 17.0 Å². The second-order valence-corrected chi connectivity index (χ2v) is 4.54. The van der Waals surface area contributed by atoms with E-state index in [1.54, 1.807) is 0 Å². The van der Waals surface area contributed by atoms with Gasteiger partial charge in [-0.1, -0.05) is 23.7 Å². The molecule has 2 rings (SSSR count). The summed E-state index contributed by atoms with van der Waals surface area (Å²) >= 11 is 5.77. The Labute approximate surface area is 119 Å². The van der Waals surface area contributed by atoms with Crippen LogP contribution in [-0.4, -0.2) is 12.9 Å². The highest BCUT2D eigenvalue weighted by molar-refractivity contribution is 6.31. The third kappa shape index (κ3) is 2.96. The van der Waals surface area contributed by atoms with Gasteiger partial charge in [0.25, 0.3) is 0 Å². The summed E-state index contributed by atoms with van der Waals surface area (Å²) in [5, 5.41) is -0.116. The molecule has 104 valence electrons. The predicted octanol–water partition coefficient (Wildman–Crippen LogP) is 4.05. The minimum Gasteiger partial charge on any atom is -0.497 e. The molecule has 0 aromatic heterocycles. The van der Waals surface area contributed by atoms with Gasteiger partial charge in [0.05, 0.1) is 17.7 Å². The maximum absolute atomic E-state index is 13.8. The number of rotatable bonds is 4. The lowest BCUT2D eigenvalue weighted by molar-refractivity contribution is 0.0989. The van der Waals surface area contributed by atoms with E-state index >= 15 is 0 Å². The fraction of sp³-hybridized carbons (Fsp3) is 0.133. The lowest BCUT2D eigenvalue weighted by Gasteiger charge is -2.07. The lowest BCUT2D eigenvalue weighted by Crippen LogP contribution is -2.07. The summed E-state index contributed by atoms with van der Waals surface area (Å²) in [5.74, 6) is -1.44. The summed E-state index contributed by atoms with van der Waals surface area (Å²) in [4.78, 5) is 12.0. The van der Waals surface area contributed by atoms with Crippen molar-refractivity contribution in [3.05, 3.63) is 64.2 Å². The molecule has 2 nitrogen and oxygen atoms in total. The van der Waals surface area contributed by atoms with Gasteiger partial charge in [0.1, 0.15) is 17.4 Å². The van der Waals surface area contributed by atoms with Gasteiger partial charge in [0.2, 0.25) is 0 Å². The molecular formula is C15H11ClF2O2. The van der Waals surface area contributed by atoms with Crippen LogP contribution in [0, 0.1) is 11.6 Å². The van der Waals surface area contributed by atoms with E-state index in [9.17, 15) is 13.6 Å². The predicted molar refractivity (Wildman–Crippen MR) is 72.4 cm³/mol. The molecule has 0 heterocycles. The summed E-state index contributed by atoms with van der Waals surface area (Å²) in [7, 11) is 1.41. The molecule has 0 amide bonds. The van der Waals surface area contributed by atoms with E-state index in [1.165, 1.54) is 37.4 Å². The molecule has 0 bridgehead atoms. The normalized spacial score (nSPS) is 10.4. The van der Waals surface area contributed by atoms with Crippen LogP contribution in [0.3, 0.4) is 0 Å². The van der Waals surface area contributed by atoms with Crippen LogP contribution in [0.15, 0.2) is 36.4 Å². The Kier molecular flexibility index (Phi) is 4.35. The first-order valence-electron chi connectivity index (χ1n) is 5.82. The molecule has 0 N–H and O–H groups in total. The lowest BCUT2D eigenvalue weighted by atomic mass is 10.0. The molecule has 0 aliphatic carbocycles. The zero-order chi connectivity index (χ0) is 14.7. The van der Waals surface area contributed by atoms with Gasteiger partial charge in [-0.15, -0.1) is 0 Å². The quantitative estimate of drug-likeness (QED) is 0.796. The van der Waals surface area contributed by atoms with Crippen LogP contribution in [-0.2, 0) is 6.42 Å². The van der Waals surface area contributed by atoms with Crippen molar-refractivity contribution in [2.75, 3.05) is 7.11 Å². The van der Waals surface area contributed by atoms with Crippen LogP contribution >= 0.6 is 11.6 Å². The first kappa shape index (κ1) is 14.5. The molecule has 0 unspecified atom stereocenters. The van der Waals surface area contributed by atoms with Gasteiger partial charge in [0, 0.05) is 12.5 Å². The van der Waals surface area contributed by atoms with E-state index in [0.29, 0.717) is 11.3 Å².